The molecule has 2 aliphatic rings. The molecule has 1 aromatic rings. The van der Waals surface area contributed by atoms with Crippen LogP contribution in [0, 0.1) is 11.8 Å². The van der Waals surface area contributed by atoms with Gasteiger partial charge in [0.25, 0.3) is 0 Å². The lowest BCUT2D eigenvalue weighted by Crippen LogP contribution is -2.10. The molecule has 0 amide bonds. The quantitative estimate of drug-likeness (QED) is 0.227. The molecule has 0 aliphatic heterocycles. The summed E-state index contributed by atoms with van der Waals surface area (Å²) in [6.07, 6.45) is 14.7. The SMILES string of the molecule is O=C(OCCCCCC1CC1)c1ccc(C(=O)OCCCCCC2CC2)c(Br)c1. The Morgan fingerprint density at radius 3 is 1.86 bits per heavy atom. The third kappa shape index (κ3) is 8.49. The number of carbonyl (C=O) groups is 2. The van der Waals surface area contributed by atoms with Crippen LogP contribution in [0.15, 0.2) is 22.7 Å². The summed E-state index contributed by atoms with van der Waals surface area (Å²) in [5.41, 5.74) is 0.895. The van der Waals surface area contributed by atoms with E-state index in [0.717, 1.165) is 37.5 Å². The molecule has 0 aromatic heterocycles. The Bertz CT molecular complexity index is 679. The maximum atomic E-state index is 12.3. The third-order valence-corrected chi connectivity index (χ3v) is 6.45. The fraction of sp³-hybridized carbons (Fsp3) is 0.667. The zero-order valence-corrected chi connectivity index (χ0v) is 18.9. The highest BCUT2D eigenvalue weighted by molar-refractivity contribution is 9.10. The molecule has 2 fully saturated rings. The molecule has 2 saturated carbocycles. The van der Waals surface area contributed by atoms with Crippen molar-refractivity contribution in [1.29, 1.82) is 0 Å². The average molecular weight is 465 g/mol. The summed E-state index contributed by atoms with van der Waals surface area (Å²) in [5, 5.41) is 0. The summed E-state index contributed by atoms with van der Waals surface area (Å²) >= 11 is 3.39. The summed E-state index contributed by atoms with van der Waals surface area (Å²) in [6, 6.07) is 4.90. The molecule has 2 aliphatic carbocycles. The molecule has 5 heteroatoms. The second-order valence-electron chi connectivity index (χ2n) is 8.55. The molecule has 0 atom stereocenters. The molecule has 0 spiro atoms. The van der Waals surface area contributed by atoms with Crippen LogP contribution in [0.5, 0.6) is 0 Å². The van der Waals surface area contributed by atoms with Gasteiger partial charge in [-0.25, -0.2) is 9.59 Å². The van der Waals surface area contributed by atoms with Crippen LogP contribution in [0.3, 0.4) is 0 Å². The predicted molar refractivity (Wildman–Crippen MR) is 117 cm³/mol. The Morgan fingerprint density at radius 1 is 0.793 bits per heavy atom. The Labute approximate surface area is 182 Å². The van der Waals surface area contributed by atoms with E-state index in [2.05, 4.69) is 15.9 Å². The van der Waals surface area contributed by atoms with Crippen molar-refractivity contribution >= 4 is 27.9 Å². The predicted octanol–water partition coefficient (Wildman–Crippen LogP) is 6.70. The highest BCUT2D eigenvalue weighted by Crippen LogP contribution is 2.34. The lowest BCUT2D eigenvalue weighted by atomic mass is 10.1. The molecule has 3 rings (SSSR count). The van der Waals surface area contributed by atoms with Crippen molar-refractivity contribution < 1.29 is 19.1 Å². The van der Waals surface area contributed by atoms with E-state index in [0.29, 0.717) is 28.8 Å². The number of hydrogen-bond donors (Lipinski definition) is 0. The van der Waals surface area contributed by atoms with Crippen LogP contribution in [0.4, 0.5) is 0 Å². The second kappa shape index (κ2) is 11.7. The Morgan fingerprint density at radius 2 is 1.34 bits per heavy atom. The fourth-order valence-electron chi connectivity index (χ4n) is 3.54. The number of ether oxygens (including phenoxy) is 2. The van der Waals surface area contributed by atoms with Crippen LogP contribution in [-0.2, 0) is 9.47 Å². The molecule has 4 nitrogen and oxygen atoms in total. The standard InChI is InChI=1S/C24H33BrO4/c25-22-17-20(23(26)28-15-5-1-3-7-18-9-10-18)13-14-21(22)24(27)29-16-6-2-4-8-19-11-12-19/h13-14,17-19H,1-12,15-16H2. The van der Waals surface area contributed by atoms with Gasteiger partial charge in [0.2, 0.25) is 0 Å². The van der Waals surface area contributed by atoms with Crippen molar-refractivity contribution in [3.63, 3.8) is 0 Å². The van der Waals surface area contributed by atoms with E-state index in [9.17, 15) is 9.59 Å². The maximum Gasteiger partial charge on any atom is 0.339 e. The van der Waals surface area contributed by atoms with Gasteiger partial charge in [0, 0.05) is 4.47 Å². The summed E-state index contributed by atoms with van der Waals surface area (Å²) in [7, 11) is 0. The van der Waals surface area contributed by atoms with Crippen LogP contribution < -0.4 is 0 Å². The van der Waals surface area contributed by atoms with E-state index in [1.54, 1.807) is 18.2 Å². The largest absolute Gasteiger partial charge is 0.462 e. The van der Waals surface area contributed by atoms with Gasteiger partial charge < -0.3 is 9.47 Å². The highest BCUT2D eigenvalue weighted by atomic mass is 79.9. The molecular weight excluding hydrogens is 432 g/mol. The monoisotopic (exact) mass is 464 g/mol. The van der Waals surface area contributed by atoms with Gasteiger partial charge in [0.15, 0.2) is 0 Å². The van der Waals surface area contributed by atoms with Crippen molar-refractivity contribution in [2.45, 2.75) is 77.0 Å². The van der Waals surface area contributed by atoms with E-state index in [-0.39, 0.29) is 11.9 Å². The second-order valence-corrected chi connectivity index (χ2v) is 9.41. The molecule has 0 heterocycles. The zero-order chi connectivity index (χ0) is 20.5. The number of halogens is 1. The third-order valence-electron chi connectivity index (χ3n) is 5.80. The van der Waals surface area contributed by atoms with Crippen molar-refractivity contribution in [3.8, 4) is 0 Å². The van der Waals surface area contributed by atoms with Gasteiger partial charge >= 0.3 is 11.9 Å². The lowest BCUT2D eigenvalue weighted by molar-refractivity contribution is 0.0482. The number of esters is 2. The molecule has 0 unspecified atom stereocenters. The normalized spacial score (nSPS) is 15.9. The van der Waals surface area contributed by atoms with Crippen molar-refractivity contribution in [2.75, 3.05) is 13.2 Å². The van der Waals surface area contributed by atoms with Crippen molar-refractivity contribution in [1.82, 2.24) is 0 Å². The van der Waals surface area contributed by atoms with Crippen molar-refractivity contribution in [3.05, 3.63) is 33.8 Å². The first kappa shape index (κ1) is 22.3. The number of rotatable bonds is 14. The molecule has 0 radical (unpaired) electrons. The smallest absolute Gasteiger partial charge is 0.339 e. The molecule has 29 heavy (non-hydrogen) atoms. The molecular formula is C24H33BrO4. The van der Waals surface area contributed by atoms with Gasteiger partial charge in [-0.2, -0.15) is 0 Å². The molecule has 0 saturated heterocycles. The topological polar surface area (TPSA) is 52.6 Å². The van der Waals surface area contributed by atoms with E-state index in [1.807, 2.05) is 0 Å². The lowest BCUT2D eigenvalue weighted by Gasteiger charge is -2.09. The fourth-order valence-corrected chi connectivity index (χ4v) is 4.08. The van der Waals surface area contributed by atoms with Crippen LogP contribution in [0.25, 0.3) is 0 Å². The van der Waals surface area contributed by atoms with E-state index in [1.165, 1.54) is 51.4 Å². The van der Waals surface area contributed by atoms with Gasteiger partial charge in [0.05, 0.1) is 24.3 Å². The van der Waals surface area contributed by atoms with Gasteiger partial charge in [-0.15, -0.1) is 0 Å². The minimum Gasteiger partial charge on any atom is -0.462 e. The number of unbranched alkanes of at least 4 members (excludes halogenated alkanes) is 4. The highest BCUT2D eigenvalue weighted by Gasteiger charge is 2.21. The van der Waals surface area contributed by atoms with E-state index < -0.39 is 0 Å². The minimum atomic E-state index is -0.352. The van der Waals surface area contributed by atoms with E-state index in [4.69, 9.17) is 9.47 Å². The Balaban J connectivity index is 1.31. The number of hydrogen-bond acceptors (Lipinski definition) is 4. The van der Waals surface area contributed by atoms with Crippen LogP contribution >= 0.6 is 15.9 Å². The first-order chi connectivity index (χ1) is 14.1. The molecule has 0 bridgehead atoms. The van der Waals surface area contributed by atoms with Gasteiger partial charge in [-0.3, -0.25) is 0 Å². The molecule has 1 aromatic carbocycles. The van der Waals surface area contributed by atoms with Crippen LogP contribution in [-0.4, -0.2) is 25.2 Å². The molecule has 0 N–H and O–H groups in total. The summed E-state index contributed by atoms with van der Waals surface area (Å²) in [6.45, 7) is 0.895. The summed E-state index contributed by atoms with van der Waals surface area (Å²) < 4.78 is 11.3. The van der Waals surface area contributed by atoms with Crippen molar-refractivity contribution in [2.24, 2.45) is 11.8 Å². The van der Waals surface area contributed by atoms with E-state index >= 15 is 0 Å². The van der Waals surface area contributed by atoms with Crippen LogP contribution in [0.1, 0.15) is 97.8 Å². The average Bonchev–Trinajstić information content (AvgIpc) is 3.61. The van der Waals surface area contributed by atoms with Gasteiger partial charge in [-0.1, -0.05) is 64.2 Å². The first-order valence-corrected chi connectivity index (χ1v) is 12.1. The van der Waals surface area contributed by atoms with Gasteiger partial charge in [0.1, 0.15) is 0 Å². The van der Waals surface area contributed by atoms with Crippen LogP contribution in [0.2, 0.25) is 0 Å². The summed E-state index contributed by atoms with van der Waals surface area (Å²) in [4.78, 5) is 24.4. The zero-order valence-electron chi connectivity index (χ0n) is 17.3. The summed E-state index contributed by atoms with van der Waals surface area (Å²) in [5.74, 6) is 1.23. The number of carbonyl (C=O) groups excluding carboxylic acids is 2. The minimum absolute atomic E-state index is 0.344. The Hall–Kier alpha value is -1.36. The number of benzene rings is 1. The molecule has 160 valence electrons. The first-order valence-electron chi connectivity index (χ1n) is 11.3. The maximum absolute atomic E-state index is 12.3. The Kier molecular flexibility index (Phi) is 9.03. The van der Waals surface area contributed by atoms with Gasteiger partial charge in [-0.05, 0) is 58.8 Å².